The first-order chi connectivity index (χ1) is 5.65. The molecule has 0 spiro atoms. The van der Waals surface area contributed by atoms with E-state index in [-0.39, 0.29) is 18.6 Å². The van der Waals surface area contributed by atoms with E-state index < -0.39 is 5.92 Å². The predicted molar refractivity (Wildman–Crippen MR) is 44.1 cm³/mol. The van der Waals surface area contributed by atoms with Gasteiger partial charge in [0.05, 0.1) is 18.7 Å². The number of hydrogen-bond acceptors (Lipinski definition) is 3. The molecular formula is C8H14N2O2. The average Bonchev–Trinajstić information content (AvgIpc) is 2.12. The molecule has 0 heterocycles. The summed E-state index contributed by atoms with van der Waals surface area (Å²) in [5.41, 5.74) is 0. The molecule has 0 aromatic heterocycles. The van der Waals surface area contributed by atoms with E-state index >= 15 is 0 Å². The standard InChI is InChI=1S/C8H14N2O2/c1-3-7(5-11)10-8(12)6(2)4-9/h6-7,11H,3,5H2,1-2H3,(H,10,12). The van der Waals surface area contributed by atoms with Crippen molar-refractivity contribution in [3.8, 4) is 6.07 Å². The highest BCUT2D eigenvalue weighted by molar-refractivity contribution is 5.80. The number of aliphatic hydroxyl groups excluding tert-OH is 1. The number of aliphatic hydroxyl groups is 1. The van der Waals surface area contributed by atoms with Crippen LogP contribution < -0.4 is 5.32 Å². The Morgan fingerprint density at radius 1 is 1.75 bits per heavy atom. The number of hydrogen-bond donors (Lipinski definition) is 2. The first-order valence-corrected chi connectivity index (χ1v) is 3.96. The highest BCUT2D eigenvalue weighted by Gasteiger charge is 2.14. The third-order valence-electron chi connectivity index (χ3n) is 1.65. The minimum atomic E-state index is -0.648. The molecule has 2 unspecified atom stereocenters. The largest absolute Gasteiger partial charge is 0.394 e. The molecule has 0 aliphatic carbocycles. The van der Waals surface area contributed by atoms with Gasteiger partial charge in [-0.15, -0.1) is 0 Å². The van der Waals surface area contributed by atoms with Gasteiger partial charge >= 0.3 is 0 Å². The summed E-state index contributed by atoms with van der Waals surface area (Å²) in [7, 11) is 0. The Balaban J connectivity index is 3.91. The Morgan fingerprint density at radius 2 is 2.33 bits per heavy atom. The lowest BCUT2D eigenvalue weighted by molar-refractivity contribution is -0.124. The lowest BCUT2D eigenvalue weighted by Crippen LogP contribution is -2.39. The van der Waals surface area contributed by atoms with Crippen LogP contribution in [0.25, 0.3) is 0 Å². The van der Waals surface area contributed by atoms with E-state index in [1.165, 1.54) is 6.92 Å². The van der Waals surface area contributed by atoms with E-state index in [4.69, 9.17) is 10.4 Å². The van der Waals surface area contributed by atoms with Crippen molar-refractivity contribution in [1.82, 2.24) is 5.32 Å². The van der Waals surface area contributed by atoms with Gasteiger partial charge in [0.15, 0.2) is 0 Å². The van der Waals surface area contributed by atoms with Crippen molar-refractivity contribution in [2.24, 2.45) is 5.92 Å². The molecule has 0 aromatic carbocycles. The zero-order valence-electron chi connectivity index (χ0n) is 7.37. The van der Waals surface area contributed by atoms with E-state index in [1.807, 2.05) is 13.0 Å². The Kier molecular flexibility index (Phi) is 5.06. The van der Waals surface area contributed by atoms with Crippen LogP contribution in [0.15, 0.2) is 0 Å². The topological polar surface area (TPSA) is 73.1 Å². The molecule has 0 rings (SSSR count). The summed E-state index contributed by atoms with van der Waals surface area (Å²) in [5.74, 6) is -0.969. The minimum absolute atomic E-state index is 0.0829. The SMILES string of the molecule is CCC(CO)NC(=O)C(C)C#N. The summed E-state index contributed by atoms with van der Waals surface area (Å²) >= 11 is 0. The number of nitriles is 1. The second-order valence-corrected chi connectivity index (χ2v) is 2.65. The molecule has 1 amide bonds. The molecule has 0 aliphatic rings. The molecule has 0 radical (unpaired) electrons. The van der Waals surface area contributed by atoms with Crippen LogP contribution in [0.2, 0.25) is 0 Å². The fourth-order valence-electron chi connectivity index (χ4n) is 0.662. The van der Waals surface area contributed by atoms with Gasteiger partial charge < -0.3 is 10.4 Å². The van der Waals surface area contributed by atoms with Gasteiger partial charge in [-0.05, 0) is 13.3 Å². The van der Waals surface area contributed by atoms with Gasteiger partial charge in [-0.2, -0.15) is 5.26 Å². The minimum Gasteiger partial charge on any atom is -0.394 e. The van der Waals surface area contributed by atoms with Crippen LogP contribution in [0.4, 0.5) is 0 Å². The highest BCUT2D eigenvalue weighted by Crippen LogP contribution is 1.95. The van der Waals surface area contributed by atoms with Crippen LogP contribution in [0.1, 0.15) is 20.3 Å². The molecule has 0 bridgehead atoms. The summed E-state index contributed by atoms with van der Waals surface area (Å²) in [4.78, 5) is 11.1. The van der Waals surface area contributed by atoms with Crippen LogP contribution in [0.3, 0.4) is 0 Å². The molecule has 4 heteroatoms. The highest BCUT2D eigenvalue weighted by atomic mass is 16.3. The molecule has 2 atom stereocenters. The third-order valence-corrected chi connectivity index (χ3v) is 1.65. The molecule has 68 valence electrons. The zero-order valence-corrected chi connectivity index (χ0v) is 7.37. The van der Waals surface area contributed by atoms with Gasteiger partial charge in [0, 0.05) is 0 Å². The predicted octanol–water partition coefficient (Wildman–Crippen LogP) is 0.0332. The van der Waals surface area contributed by atoms with Crippen molar-refractivity contribution in [2.45, 2.75) is 26.3 Å². The number of rotatable bonds is 4. The van der Waals surface area contributed by atoms with Gasteiger partial charge in [-0.3, -0.25) is 4.79 Å². The van der Waals surface area contributed by atoms with Crippen LogP contribution in [0.5, 0.6) is 0 Å². The summed E-state index contributed by atoms with van der Waals surface area (Å²) < 4.78 is 0. The van der Waals surface area contributed by atoms with Crippen molar-refractivity contribution >= 4 is 5.91 Å². The van der Waals surface area contributed by atoms with E-state index in [0.717, 1.165) is 0 Å². The lowest BCUT2D eigenvalue weighted by atomic mass is 10.1. The quantitative estimate of drug-likeness (QED) is 0.625. The molecule has 2 N–H and O–H groups in total. The lowest BCUT2D eigenvalue weighted by Gasteiger charge is -2.14. The molecule has 0 aromatic rings. The fraction of sp³-hybridized carbons (Fsp3) is 0.750. The maximum absolute atomic E-state index is 11.1. The van der Waals surface area contributed by atoms with Crippen molar-refractivity contribution in [3.05, 3.63) is 0 Å². The molecule has 0 saturated carbocycles. The number of carbonyl (C=O) groups excluding carboxylic acids is 1. The van der Waals surface area contributed by atoms with Gasteiger partial charge in [0.2, 0.25) is 5.91 Å². The maximum atomic E-state index is 11.1. The molecule has 0 saturated heterocycles. The van der Waals surface area contributed by atoms with Gasteiger partial charge in [0.25, 0.3) is 0 Å². The maximum Gasteiger partial charge on any atom is 0.237 e. The van der Waals surface area contributed by atoms with Crippen molar-refractivity contribution < 1.29 is 9.90 Å². The first-order valence-electron chi connectivity index (χ1n) is 3.96. The van der Waals surface area contributed by atoms with Gasteiger partial charge in [0.1, 0.15) is 5.92 Å². The molecule has 0 aliphatic heterocycles. The van der Waals surface area contributed by atoms with E-state index in [9.17, 15) is 4.79 Å². The molecule has 4 nitrogen and oxygen atoms in total. The zero-order chi connectivity index (χ0) is 9.56. The summed E-state index contributed by atoms with van der Waals surface area (Å²) in [6.07, 6.45) is 0.667. The molecular weight excluding hydrogens is 156 g/mol. The Hall–Kier alpha value is -1.08. The average molecular weight is 170 g/mol. The number of carbonyl (C=O) groups is 1. The van der Waals surface area contributed by atoms with Crippen molar-refractivity contribution in [3.63, 3.8) is 0 Å². The number of nitrogens with zero attached hydrogens (tertiary/aromatic N) is 1. The molecule has 0 fully saturated rings. The number of nitrogens with one attached hydrogen (secondary N) is 1. The third kappa shape index (κ3) is 3.35. The van der Waals surface area contributed by atoms with E-state index in [1.54, 1.807) is 0 Å². The Labute approximate surface area is 72.2 Å². The second-order valence-electron chi connectivity index (χ2n) is 2.65. The van der Waals surface area contributed by atoms with Gasteiger partial charge in [-0.25, -0.2) is 0 Å². The Bertz CT molecular complexity index is 182. The fourth-order valence-corrected chi connectivity index (χ4v) is 0.662. The Morgan fingerprint density at radius 3 is 2.67 bits per heavy atom. The van der Waals surface area contributed by atoms with Crippen LogP contribution in [-0.2, 0) is 4.79 Å². The van der Waals surface area contributed by atoms with Crippen molar-refractivity contribution in [2.75, 3.05) is 6.61 Å². The van der Waals surface area contributed by atoms with Crippen LogP contribution in [-0.4, -0.2) is 23.7 Å². The summed E-state index contributed by atoms with van der Waals surface area (Å²) in [5, 5.41) is 19.7. The van der Waals surface area contributed by atoms with E-state index in [0.29, 0.717) is 6.42 Å². The first kappa shape index (κ1) is 10.9. The monoisotopic (exact) mass is 170 g/mol. The summed E-state index contributed by atoms with van der Waals surface area (Å²) in [6.45, 7) is 3.30. The van der Waals surface area contributed by atoms with Crippen LogP contribution in [0, 0.1) is 17.2 Å². The van der Waals surface area contributed by atoms with Gasteiger partial charge in [-0.1, -0.05) is 6.92 Å². The van der Waals surface area contributed by atoms with Crippen molar-refractivity contribution in [1.29, 1.82) is 5.26 Å². The number of amides is 1. The van der Waals surface area contributed by atoms with E-state index in [2.05, 4.69) is 5.32 Å². The summed E-state index contributed by atoms with van der Waals surface area (Å²) in [6, 6.07) is 1.60. The second kappa shape index (κ2) is 5.56. The van der Waals surface area contributed by atoms with Crippen LogP contribution >= 0.6 is 0 Å². The molecule has 12 heavy (non-hydrogen) atoms. The normalized spacial score (nSPS) is 14.5. The smallest absolute Gasteiger partial charge is 0.237 e.